The Morgan fingerprint density at radius 3 is 2.92 bits per heavy atom. The van der Waals surface area contributed by atoms with Crippen LogP contribution in [0, 0.1) is 0 Å². The van der Waals surface area contributed by atoms with Crippen molar-refractivity contribution in [2.24, 2.45) is 0 Å². The molecule has 4 nitrogen and oxygen atoms in total. The predicted molar refractivity (Wildman–Crippen MR) is 50.9 cm³/mol. The molecule has 0 bridgehead atoms. The van der Waals surface area contributed by atoms with Gasteiger partial charge in [0.05, 0.1) is 0 Å². The molecule has 1 aromatic rings. The normalized spacial score (nSPS) is 11.7. The number of H-pyrrole nitrogens is 1. The van der Waals surface area contributed by atoms with Gasteiger partial charge in [-0.2, -0.15) is 0 Å². The fraction of sp³-hybridized carbons (Fsp3) is 0.250. The van der Waals surface area contributed by atoms with Crippen LogP contribution < -0.4 is 11.2 Å². The van der Waals surface area contributed by atoms with E-state index in [9.17, 15) is 9.59 Å². The van der Waals surface area contributed by atoms with Gasteiger partial charge in [-0.1, -0.05) is 11.6 Å². The van der Waals surface area contributed by atoms with Crippen molar-refractivity contribution in [1.82, 2.24) is 9.55 Å². The molecule has 0 atom stereocenters. The van der Waals surface area contributed by atoms with E-state index < -0.39 is 11.2 Å². The fourth-order valence-corrected chi connectivity index (χ4v) is 0.941. The summed E-state index contributed by atoms with van der Waals surface area (Å²) in [5.41, 5.74) is 1.42. The van der Waals surface area contributed by atoms with Crippen LogP contribution in [-0.4, -0.2) is 9.55 Å². The van der Waals surface area contributed by atoms with Crippen molar-refractivity contribution in [2.45, 2.75) is 13.5 Å². The average molecular weight is 201 g/mol. The van der Waals surface area contributed by atoms with Crippen LogP contribution in [0.2, 0.25) is 0 Å². The fourth-order valence-electron chi connectivity index (χ4n) is 0.872. The molecule has 1 heterocycles. The number of hydrogen-bond acceptors (Lipinski definition) is 2. The second-order valence-electron chi connectivity index (χ2n) is 2.69. The molecule has 0 amide bonds. The Hall–Kier alpha value is -1.29. The van der Waals surface area contributed by atoms with Gasteiger partial charge in [0, 0.05) is 24.3 Å². The number of halogens is 1. The van der Waals surface area contributed by atoms with Crippen LogP contribution in [0.4, 0.5) is 0 Å². The first-order valence-electron chi connectivity index (χ1n) is 3.69. The molecule has 0 spiro atoms. The maximum Gasteiger partial charge on any atom is 0.328 e. The third kappa shape index (κ3) is 2.59. The highest BCUT2D eigenvalue weighted by molar-refractivity contribution is 6.25. The lowest BCUT2D eigenvalue weighted by molar-refractivity contribution is 0.711. The molecule has 1 N–H and O–H groups in total. The zero-order valence-electron chi connectivity index (χ0n) is 7.08. The Labute approximate surface area is 79.5 Å². The molecule has 70 valence electrons. The maximum absolute atomic E-state index is 11.1. The molecule has 0 unspecified atom stereocenters. The van der Waals surface area contributed by atoms with E-state index in [0.29, 0.717) is 6.54 Å². The van der Waals surface area contributed by atoms with Crippen molar-refractivity contribution in [3.05, 3.63) is 44.2 Å². The summed E-state index contributed by atoms with van der Waals surface area (Å²) in [5, 5.41) is 0. The molecule has 0 aliphatic rings. The molecule has 5 heteroatoms. The third-order valence-corrected chi connectivity index (χ3v) is 1.88. The predicted octanol–water partition coefficient (Wildman–Crippen LogP) is 0.679. The number of aromatic nitrogens is 2. The Balaban J connectivity index is 3.04. The molecule has 0 aliphatic carbocycles. The summed E-state index contributed by atoms with van der Waals surface area (Å²) in [5.74, 6) is 0. The largest absolute Gasteiger partial charge is 0.328 e. The molecule has 1 aromatic heterocycles. The van der Waals surface area contributed by atoms with Crippen LogP contribution in [0.3, 0.4) is 0 Å². The van der Waals surface area contributed by atoms with Crippen molar-refractivity contribution in [1.29, 1.82) is 0 Å². The first-order valence-corrected chi connectivity index (χ1v) is 4.13. The van der Waals surface area contributed by atoms with Gasteiger partial charge in [-0.05, 0) is 12.5 Å². The molecule has 0 fully saturated rings. The lowest BCUT2D eigenvalue weighted by Gasteiger charge is -2.02. The number of allylic oxidation sites excluding steroid dienone is 1. The monoisotopic (exact) mass is 200 g/mol. The standard InChI is InChI=1S/C8H9ClN2O2/c1-6(4-9)5-11-3-2-7(12)10-8(11)13/h2-4H,5H2,1H3,(H,10,12,13)/b6-4-. The third-order valence-electron chi connectivity index (χ3n) is 1.50. The Bertz CT molecular complexity index is 430. The van der Waals surface area contributed by atoms with Gasteiger partial charge in [-0.15, -0.1) is 0 Å². The Morgan fingerprint density at radius 2 is 2.38 bits per heavy atom. The van der Waals surface area contributed by atoms with Crippen LogP contribution in [-0.2, 0) is 6.54 Å². The summed E-state index contributed by atoms with van der Waals surface area (Å²) < 4.78 is 1.37. The Morgan fingerprint density at radius 1 is 1.69 bits per heavy atom. The summed E-state index contributed by atoms with van der Waals surface area (Å²) in [6.45, 7) is 2.18. The van der Waals surface area contributed by atoms with E-state index in [0.717, 1.165) is 5.57 Å². The topological polar surface area (TPSA) is 54.9 Å². The first-order chi connectivity index (χ1) is 6.13. The average Bonchev–Trinajstić information content (AvgIpc) is 2.09. The molecule has 0 aromatic carbocycles. The van der Waals surface area contributed by atoms with Gasteiger partial charge in [0.15, 0.2) is 0 Å². The van der Waals surface area contributed by atoms with Gasteiger partial charge in [0.1, 0.15) is 0 Å². The van der Waals surface area contributed by atoms with Crippen LogP contribution in [0.15, 0.2) is 33.0 Å². The number of aromatic amines is 1. The van der Waals surface area contributed by atoms with Crippen molar-refractivity contribution < 1.29 is 0 Å². The molecule has 13 heavy (non-hydrogen) atoms. The molecule has 0 saturated carbocycles. The quantitative estimate of drug-likeness (QED) is 0.763. The molecular weight excluding hydrogens is 192 g/mol. The lowest BCUT2D eigenvalue weighted by atomic mass is 10.3. The van der Waals surface area contributed by atoms with Gasteiger partial charge in [-0.25, -0.2) is 4.79 Å². The van der Waals surface area contributed by atoms with Gasteiger partial charge < -0.3 is 0 Å². The minimum absolute atomic E-state index is 0.388. The van der Waals surface area contributed by atoms with Crippen LogP contribution in [0.1, 0.15) is 6.92 Å². The number of nitrogens with zero attached hydrogens (tertiary/aromatic N) is 1. The van der Waals surface area contributed by atoms with Gasteiger partial charge in [-0.3, -0.25) is 14.3 Å². The smallest absolute Gasteiger partial charge is 0.296 e. The van der Waals surface area contributed by atoms with Crippen molar-refractivity contribution in [3.63, 3.8) is 0 Å². The number of nitrogens with one attached hydrogen (secondary N) is 1. The van der Waals surface area contributed by atoms with Crippen molar-refractivity contribution in [2.75, 3.05) is 0 Å². The molecule has 1 rings (SSSR count). The summed E-state index contributed by atoms with van der Waals surface area (Å²) in [6, 6.07) is 1.29. The lowest BCUT2D eigenvalue weighted by Crippen LogP contribution is -2.28. The highest BCUT2D eigenvalue weighted by Crippen LogP contribution is 1.96. The van der Waals surface area contributed by atoms with Crippen LogP contribution in [0.5, 0.6) is 0 Å². The van der Waals surface area contributed by atoms with Crippen molar-refractivity contribution in [3.8, 4) is 0 Å². The highest BCUT2D eigenvalue weighted by atomic mass is 35.5. The molecule has 0 aliphatic heterocycles. The number of hydrogen-bond donors (Lipinski definition) is 1. The van der Waals surface area contributed by atoms with E-state index in [1.54, 1.807) is 6.92 Å². The zero-order chi connectivity index (χ0) is 9.84. The van der Waals surface area contributed by atoms with E-state index >= 15 is 0 Å². The van der Waals surface area contributed by atoms with E-state index in [-0.39, 0.29) is 0 Å². The van der Waals surface area contributed by atoms with Crippen molar-refractivity contribution >= 4 is 11.6 Å². The summed E-state index contributed by atoms with van der Waals surface area (Å²) >= 11 is 5.44. The minimum atomic E-state index is -0.426. The van der Waals surface area contributed by atoms with E-state index in [2.05, 4.69) is 4.98 Å². The summed E-state index contributed by atoms with van der Waals surface area (Å²) in [6.07, 6.45) is 1.44. The molecule has 0 saturated heterocycles. The van der Waals surface area contributed by atoms with Gasteiger partial charge in [0.25, 0.3) is 5.56 Å². The second-order valence-corrected chi connectivity index (χ2v) is 2.91. The number of rotatable bonds is 2. The summed E-state index contributed by atoms with van der Waals surface area (Å²) in [4.78, 5) is 24.0. The Kier molecular flexibility index (Phi) is 3.08. The summed E-state index contributed by atoms with van der Waals surface area (Å²) in [7, 11) is 0. The highest BCUT2D eigenvalue weighted by Gasteiger charge is 1.96. The zero-order valence-corrected chi connectivity index (χ0v) is 7.84. The molecular formula is C8H9ClN2O2. The van der Waals surface area contributed by atoms with Crippen LogP contribution >= 0.6 is 11.6 Å². The maximum atomic E-state index is 11.1. The molecule has 0 radical (unpaired) electrons. The van der Waals surface area contributed by atoms with Crippen LogP contribution in [0.25, 0.3) is 0 Å². The SMILES string of the molecule is C/C(=C/Cl)Cn1ccc(=O)[nH]c1=O. The van der Waals surface area contributed by atoms with E-state index in [1.807, 2.05) is 0 Å². The second kappa shape index (κ2) is 4.09. The van der Waals surface area contributed by atoms with Gasteiger partial charge >= 0.3 is 5.69 Å². The first kappa shape index (κ1) is 9.80. The van der Waals surface area contributed by atoms with E-state index in [4.69, 9.17) is 11.6 Å². The minimum Gasteiger partial charge on any atom is -0.296 e. The van der Waals surface area contributed by atoms with E-state index in [1.165, 1.54) is 22.4 Å². The van der Waals surface area contributed by atoms with Gasteiger partial charge in [0.2, 0.25) is 0 Å².